The van der Waals surface area contributed by atoms with Gasteiger partial charge >= 0.3 is 12.0 Å². The molecule has 0 unspecified atom stereocenters. The van der Waals surface area contributed by atoms with Crippen LogP contribution in [0.4, 0.5) is 4.79 Å². The van der Waals surface area contributed by atoms with Crippen LogP contribution >= 0.6 is 0 Å². The number of hydrogen-bond donors (Lipinski definition) is 1. The van der Waals surface area contributed by atoms with E-state index >= 15 is 0 Å². The molecule has 0 radical (unpaired) electrons. The Morgan fingerprint density at radius 3 is 2.40 bits per heavy atom. The minimum absolute atomic E-state index is 0.0620. The van der Waals surface area contributed by atoms with Gasteiger partial charge in [0, 0.05) is 39.3 Å². The Bertz CT molecular complexity index is 315. The van der Waals surface area contributed by atoms with Crippen LogP contribution in [0.25, 0.3) is 0 Å². The maximum atomic E-state index is 11.9. The molecule has 7 heteroatoms. The fraction of sp³-hybridized carbons (Fsp3) is 0.846. The van der Waals surface area contributed by atoms with Crippen LogP contribution in [0.15, 0.2) is 0 Å². The van der Waals surface area contributed by atoms with Gasteiger partial charge in [-0.25, -0.2) is 4.79 Å². The van der Waals surface area contributed by atoms with Gasteiger partial charge in [0.2, 0.25) is 0 Å². The summed E-state index contributed by atoms with van der Waals surface area (Å²) in [5.41, 5.74) is 0. The lowest BCUT2D eigenvalue weighted by atomic mass is 10.3. The summed E-state index contributed by atoms with van der Waals surface area (Å²) in [5, 5.41) is 2.59. The van der Waals surface area contributed by atoms with Crippen molar-refractivity contribution >= 4 is 12.0 Å². The molecule has 1 fully saturated rings. The van der Waals surface area contributed by atoms with E-state index in [9.17, 15) is 9.59 Å². The first-order valence-electron chi connectivity index (χ1n) is 7.08. The van der Waals surface area contributed by atoms with Gasteiger partial charge in [-0.15, -0.1) is 0 Å². The summed E-state index contributed by atoms with van der Waals surface area (Å²) in [7, 11) is 4.11. The molecule has 0 spiro atoms. The van der Waals surface area contributed by atoms with Gasteiger partial charge in [0.1, 0.15) is 6.54 Å². The van der Waals surface area contributed by atoms with Crippen molar-refractivity contribution in [3.05, 3.63) is 0 Å². The number of nitrogens with zero attached hydrogens (tertiary/aromatic N) is 3. The van der Waals surface area contributed by atoms with Crippen LogP contribution < -0.4 is 5.32 Å². The number of amides is 2. The van der Waals surface area contributed by atoms with Gasteiger partial charge in [-0.3, -0.25) is 9.69 Å². The molecule has 1 rings (SSSR count). The summed E-state index contributed by atoms with van der Waals surface area (Å²) in [4.78, 5) is 29.3. The molecule has 0 aromatic carbocycles. The highest BCUT2D eigenvalue weighted by atomic mass is 16.5. The van der Waals surface area contributed by atoms with Crippen molar-refractivity contribution in [2.24, 2.45) is 0 Å². The Morgan fingerprint density at radius 2 is 1.85 bits per heavy atom. The fourth-order valence-corrected chi connectivity index (χ4v) is 1.99. The van der Waals surface area contributed by atoms with Crippen molar-refractivity contribution in [2.45, 2.75) is 6.92 Å². The average molecular weight is 286 g/mol. The molecule has 0 aliphatic carbocycles. The molecule has 0 bridgehead atoms. The van der Waals surface area contributed by atoms with Crippen molar-refractivity contribution < 1.29 is 14.3 Å². The van der Waals surface area contributed by atoms with Crippen LogP contribution in [-0.2, 0) is 9.53 Å². The molecule has 1 aliphatic heterocycles. The van der Waals surface area contributed by atoms with E-state index in [1.807, 2.05) is 0 Å². The lowest BCUT2D eigenvalue weighted by molar-refractivity contribution is -0.141. The molecule has 0 aromatic rings. The minimum atomic E-state index is -0.398. The Labute approximate surface area is 120 Å². The third-order valence-electron chi connectivity index (χ3n) is 3.21. The maximum Gasteiger partial charge on any atom is 0.325 e. The second-order valence-corrected chi connectivity index (χ2v) is 5.10. The highest BCUT2D eigenvalue weighted by Crippen LogP contribution is 2.01. The first kappa shape index (κ1) is 16.7. The molecule has 0 saturated carbocycles. The van der Waals surface area contributed by atoms with E-state index in [0.29, 0.717) is 19.7 Å². The maximum absolute atomic E-state index is 11.9. The Hall–Kier alpha value is -1.34. The van der Waals surface area contributed by atoms with Crippen molar-refractivity contribution in [1.29, 1.82) is 0 Å². The van der Waals surface area contributed by atoms with Crippen LogP contribution in [0.5, 0.6) is 0 Å². The Morgan fingerprint density at radius 1 is 1.20 bits per heavy atom. The van der Waals surface area contributed by atoms with Crippen LogP contribution in [0.3, 0.4) is 0 Å². The van der Waals surface area contributed by atoms with E-state index in [0.717, 1.165) is 26.2 Å². The van der Waals surface area contributed by atoms with Crippen molar-refractivity contribution in [2.75, 3.05) is 66.5 Å². The van der Waals surface area contributed by atoms with Gasteiger partial charge in [-0.1, -0.05) is 0 Å². The zero-order valence-corrected chi connectivity index (χ0v) is 12.7. The zero-order chi connectivity index (χ0) is 15.0. The SMILES string of the molecule is CCOC(=O)CNC(=O)N1CCN(CCN(C)C)CC1. The molecule has 1 saturated heterocycles. The Kier molecular flexibility index (Phi) is 7.32. The van der Waals surface area contributed by atoms with E-state index in [1.165, 1.54) is 0 Å². The molecule has 7 nitrogen and oxygen atoms in total. The molecule has 1 heterocycles. The first-order chi connectivity index (χ1) is 9.52. The number of likely N-dealkylation sites (N-methyl/N-ethyl adjacent to an activating group) is 1. The summed E-state index contributed by atoms with van der Waals surface area (Å²) in [6, 6.07) is -0.190. The zero-order valence-electron chi connectivity index (χ0n) is 12.7. The number of rotatable bonds is 6. The van der Waals surface area contributed by atoms with Crippen molar-refractivity contribution in [3.63, 3.8) is 0 Å². The van der Waals surface area contributed by atoms with Gasteiger partial charge in [-0.05, 0) is 21.0 Å². The van der Waals surface area contributed by atoms with Crippen LogP contribution in [0.2, 0.25) is 0 Å². The van der Waals surface area contributed by atoms with E-state index in [2.05, 4.69) is 29.2 Å². The van der Waals surface area contributed by atoms with E-state index in [1.54, 1.807) is 11.8 Å². The topological polar surface area (TPSA) is 65.1 Å². The third-order valence-corrected chi connectivity index (χ3v) is 3.21. The summed E-state index contributed by atoms with van der Waals surface area (Å²) in [5.74, 6) is -0.398. The highest BCUT2D eigenvalue weighted by Gasteiger charge is 2.21. The third kappa shape index (κ3) is 6.21. The predicted molar refractivity (Wildman–Crippen MR) is 76.6 cm³/mol. The van der Waals surface area contributed by atoms with Crippen molar-refractivity contribution in [1.82, 2.24) is 20.0 Å². The van der Waals surface area contributed by atoms with Crippen molar-refractivity contribution in [3.8, 4) is 0 Å². The molecule has 1 N–H and O–H groups in total. The summed E-state index contributed by atoms with van der Waals surface area (Å²) in [6.07, 6.45) is 0. The molecule has 2 amide bonds. The summed E-state index contributed by atoms with van der Waals surface area (Å²) in [6.45, 7) is 7.20. The van der Waals surface area contributed by atoms with Gasteiger partial charge < -0.3 is 19.9 Å². The van der Waals surface area contributed by atoms with Gasteiger partial charge in [-0.2, -0.15) is 0 Å². The number of nitrogens with one attached hydrogen (secondary N) is 1. The normalized spacial score (nSPS) is 16.3. The number of carbonyl (C=O) groups excluding carboxylic acids is 2. The lowest BCUT2D eigenvalue weighted by Crippen LogP contribution is -2.53. The smallest absolute Gasteiger partial charge is 0.325 e. The number of hydrogen-bond acceptors (Lipinski definition) is 5. The fourth-order valence-electron chi connectivity index (χ4n) is 1.99. The number of urea groups is 1. The molecule has 20 heavy (non-hydrogen) atoms. The number of esters is 1. The second kappa shape index (κ2) is 8.76. The molecule has 0 aromatic heterocycles. The molecular formula is C13H26N4O3. The van der Waals surface area contributed by atoms with E-state index in [-0.39, 0.29) is 12.6 Å². The van der Waals surface area contributed by atoms with Gasteiger partial charge in [0.15, 0.2) is 0 Å². The van der Waals surface area contributed by atoms with Crippen LogP contribution in [0, 0.1) is 0 Å². The quantitative estimate of drug-likeness (QED) is 0.663. The van der Waals surface area contributed by atoms with E-state index in [4.69, 9.17) is 4.74 Å². The molecule has 116 valence electrons. The number of piperazine rings is 1. The summed E-state index contributed by atoms with van der Waals surface area (Å²) < 4.78 is 4.77. The largest absolute Gasteiger partial charge is 0.465 e. The van der Waals surface area contributed by atoms with Crippen LogP contribution in [0.1, 0.15) is 6.92 Å². The number of ether oxygens (including phenoxy) is 1. The average Bonchev–Trinajstić information content (AvgIpc) is 2.43. The van der Waals surface area contributed by atoms with E-state index < -0.39 is 5.97 Å². The van der Waals surface area contributed by atoms with Gasteiger partial charge in [0.25, 0.3) is 0 Å². The van der Waals surface area contributed by atoms with Gasteiger partial charge in [0.05, 0.1) is 6.61 Å². The highest BCUT2D eigenvalue weighted by molar-refractivity contribution is 5.80. The lowest BCUT2D eigenvalue weighted by Gasteiger charge is -2.35. The summed E-state index contributed by atoms with van der Waals surface area (Å²) >= 11 is 0. The molecule has 1 aliphatic rings. The Balaban J connectivity index is 2.20. The molecule has 0 atom stereocenters. The monoisotopic (exact) mass is 286 g/mol. The second-order valence-electron chi connectivity index (χ2n) is 5.10. The predicted octanol–water partition coefficient (Wildman–Crippen LogP) is -0.562. The molecular weight excluding hydrogens is 260 g/mol. The standard InChI is InChI=1S/C13H26N4O3/c1-4-20-12(18)11-14-13(19)17-9-7-16(8-10-17)6-5-15(2)3/h4-11H2,1-3H3,(H,14,19). The first-order valence-corrected chi connectivity index (χ1v) is 7.08. The minimum Gasteiger partial charge on any atom is -0.465 e. The van der Waals surface area contributed by atoms with Crippen LogP contribution in [-0.4, -0.2) is 93.2 Å². The number of carbonyl (C=O) groups is 2.